The highest BCUT2D eigenvalue weighted by Gasteiger charge is 2.43. The van der Waals surface area contributed by atoms with Crippen molar-refractivity contribution >= 4 is 17.8 Å². The molecule has 2 atom stereocenters. The van der Waals surface area contributed by atoms with Crippen molar-refractivity contribution < 1.29 is 19.5 Å². The number of phenolic OH excluding ortho intramolecular Hbond substituents is 1. The van der Waals surface area contributed by atoms with Crippen molar-refractivity contribution in [3.8, 4) is 5.75 Å². The Labute approximate surface area is 276 Å². The third kappa shape index (κ3) is 7.83. The van der Waals surface area contributed by atoms with E-state index in [2.05, 4.69) is 29.6 Å². The summed E-state index contributed by atoms with van der Waals surface area (Å²) in [5.41, 5.74) is 4.42. The van der Waals surface area contributed by atoms with E-state index >= 15 is 0 Å². The summed E-state index contributed by atoms with van der Waals surface area (Å²) in [4.78, 5) is 46.7. The third-order valence-electron chi connectivity index (χ3n) is 9.37. The van der Waals surface area contributed by atoms with Gasteiger partial charge in [-0.3, -0.25) is 9.59 Å². The summed E-state index contributed by atoms with van der Waals surface area (Å²) >= 11 is 0. The number of carbonyl (C=O) groups is 3. The zero-order valence-electron chi connectivity index (χ0n) is 26.6. The number of nitrogens with one attached hydrogen (secondary N) is 1. The van der Waals surface area contributed by atoms with E-state index in [4.69, 9.17) is 0 Å². The highest BCUT2D eigenvalue weighted by atomic mass is 16.3. The fraction of sp³-hybridized carbons (Fsp3) is 0.308. The molecule has 2 fully saturated rings. The summed E-state index contributed by atoms with van der Waals surface area (Å²) in [7, 11) is 0. The fourth-order valence-electron chi connectivity index (χ4n) is 6.86. The van der Waals surface area contributed by atoms with Crippen LogP contribution in [0.4, 0.5) is 4.79 Å². The number of fused-ring (bicyclic) bond motifs is 1. The first kappa shape index (κ1) is 31.9. The fourth-order valence-corrected chi connectivity index (χ4v) is 6.86. The normalized spacial score (nSPS) is 18.2. The van der Waals surface area contributed by atoms with Gasteiger partial charge in [-0.05, 0) is 53.6 Å². The molecule has 1 unspecified atom stereocenters. The molecule has 0 aliphatic carbocycles. The van der Waals surface area contributed by atoms with Crippen molar-refractivity contribution in [1.29, 1.82) is 0 Å². The molecule has 8 heteroatoms. The van der Waals surface area contributed by atoms with Crippen molar-refractivity contribution in [2.24, 2.45) is 5.92 Å². The van der Waals surface area contributed by atoms with E-state index in [0.29, 0.717) is 32.5 Å². The zero-order chi connectivity index (χ0) is 32.6. The number of benzene rings is 4. The van der Waals surface area contributed by atoms with Gasteiger partial charge < -0.3 is 25.1 Å². The molecule has 0 bridgehead atoms. The van der Waals surface area contributed by atoms with Gasteiger partial charge in [0.15, 0.2) is 0 Å². The van der Waals surface area contributed by atoms with Crippen LogP contribution in [0.5, 0.6) is 5.75 Å². The van der Waals surface area contributed by atoms with Gasteiger partial charge >= 0.3 is 6.03 Å². The second kappa shape index (κ2) is 15.0. The molecule has 0 radical (unpaired) electrons. The van der Waals surface area contributed by atoms with Gasteiger partial charge in [-0.15, -0.1) is 0 Å². The molecule has 2 N–H and O–H groups in total. The van der Waals surface area contributed by atoms with E-state index in [9.17, 15) is 19.5 Å². The maximum absolute atomic E-state index is 14.1. The molecule has 4 aromatic rings. The van der Waals surface area contributed by atoms with Crippen LogP contribution >= 0.6 is 0 Å². The lowest BCUT2D eigenvalue weighted by atomic mass is 9.88. The molecule has 4 aromatic carbocycles. The topological polar surface area (TPSA) is 93.2 Å². The number of aromatic hydroxyl groups is 1. The Balaban J connectivity index is 1.19. The average Bonchev–Trinajstić information content (AvgIpc) is 3.24. The molecule has 242 valence electrons. The van der Waals surface area contributed by atoms with Crippen LogP contribution in [0.1, 0.15) is 41.0 Å². The Morgan fingerprint density at radius 2 is 1.40 bits per heavy atom. The quantitative estimate of drug-likeness (QED) is 0.245. The monoisotopic (exact) mass is 630 g/mol. The molecule has 0 spiro atoms. The largest absolute Gasteiger partial charge is 0.508 e. The maximum atomic E-state index is 14.1. The number of phenols is 1. The van der Waals surface area contributed by atoms with E-state index in [1.165, 1.54) is 11.1 Å². The summed E-state index contributed by atoms with van der Waals surface area (Å²) in [6.45, 7) is 1.74. The van der Waals surface area contributed by atoms with Crippen molar-refractivity contribution in [1.82, 2.24) is 20.0 Å². The van der Waals surface area contributed by atoms with Crippen molar-refractivity contribution in [3.05, 3.63) is 138 Å². The van der Waals surface area contributed by atoms with Crippen LogP contribution in [0.2, 0.25) is 0 Å². The van der Waals surface area contributed by atoms with E-state index in [1.807, 2.05) is 83.8 Å². The Bertz CT molecular complexity index is 1590. The van der Waals surface area contributed by atoms with Gasteiger partial charge in [0.2, 0.25) is 11.8 Å². The number of carbonyl (C=O) groups excluding carboxylic acids is 3. The average molecular weight is 631 g/mol. The maximum Gasteiger partial charge on any atom is 0.319 e. The first-order chi connectivity index (χ1) is 23.0. The Morgan fingerprint density at radius 3 is 2.04 bits per heavy atom. The molecule has 2 saturated heterocycles. The van der Waals surface area contributed by atoms with E-state index in [-0.39, 0.29) is 49.0 Å². The summed E-state index contributed by atoms with van der Waals surface area (Å²) in [6, 6.07) is 37.3. The third-order valence-corrected chi connectivity index (χ3v) is 9.37. The van der Waals surface area contributed by atoms with Gasteiger partial charge in [0, 0.05) is 38.5 Å². The van der Waals surface area contributed by atoms with Crippen molar-refractivity contribution in [2.45, 2.75) is 37.8 Å². The minimum Gasteiger partial charge on any atom is -0.508 e. The lowest BCUT2D eigenvalue weighted by Crippen LogP contribution is -2.62. The molecule has 2 aliphatic rings. The predicted molar refractivity (Wildman–Crippen MR) is 182 cm³/mol. The second-order valence-electron chi connectivity index (χ2n) is 12.5. The van der Waals surface area contributed by atoms with Gasteiger partial charge in [0.1, 0.15) is 11.9 Å². The molecule has 6 rings (SSSR count). The van der Waals surface area contributed by atoms with Gasteiger partial charge in [-0.2, -0.15) is 0 Å². The number of urea groups is 1. The van der Waals surface area contributed by atoms with Crippen LogP contribution in [0.15, 0.2) is 115 Å². The molecular formula is C39H42N4O4. The lowest BCUT2D eigenvalue weighted by molar-refractivity contribution is -0.142. The highest BCUT2D eigenvalue weighted by molar-refractivity contribution is 5.85. The molecule has 0 aromatic heterocycles. The van der Waals surface area contributed by atoms with Gasteiger partial charge in [0.05, 0.1) is 12.5 Å². The molecule has 8 nitrogen and oxygen atoms in total. The predicted octanol–water partition coefficient (Wildman–Crippen LogP) is 5.43. The molecule has 47 heavy (non-hydrogen) atoms. The number of rotatable bonds is 10. The van der Waals surface area contributed by atoms with E-state index in [0.717, 1.165) is 17.5 Å². The zero-order valence-corrected chi connectivity index (χ0v) is 26.6. The minimum atomic E-state index is -0.556. The van der Waals surface area contributed by atoms with Crippen LogP contribution in [0, 0.1) is 5.92 Å². The number of nitrogens with zero attached hydrogens (tertiary/aromatic N) is 3. The SMILES string of the molecule is O=C1[C@H](Cc2ccc(O)cc2)CN2C(=O)CCN(C(=O)NCCC(c3ccccc3)c3ccccc3)C2CN1CCc1ccccc1. The first-order valence-corrected chi connectivity index (χ1v) is 16.5. The number of hydrogen-bond acceptors (Lipinski definition) is 4. The molecule has 4 amide bonds. The standard InChI is InChI=1S/C39H42N4O4/c44-34-18-16-30(17-19-34)26-33-27-43-36(28-41(38(33)46)24-21-29-10-4-1-5-11-29)42(25-22-37(43)45)39(47)40-23-20-35(31-12-6-2-7-13-31)32-14-8-3-9-15-32/h1-19,33,35-36,44H,20-28H2,(H,40,47)/t33-,36?/m1/s1. The lowest BCUT2D eigenvalue weighted by Gasteiger charge is -2.43. The van der Waals surface area contributed by atoms with E-state index < -0.39 is 12.1 Å². The summed E-state index contributed by atoms with van der Waals surface area (Å²) in [5.74, 6) is -0.241. The van der Waals surface area contributed by atoms with Crippen LogP contribution in [-0.4, -0.2) is 76.5 Å². The minimum absolute atomic E-state index is 0.0230. The van der Waals surface area contributed by atoms with Crippen LogP contribution in [0.3, 0.4) is 0 Å². The summed E-state index contributed by atoms with van der Waals surface area (Å²) in [5, 5.41) is 12.9. The van der Waals surface area contributed by atoms with Crippen molar-refractivity contribution in [3.63, 3.8) is 0 Å². The van der Waals surface area contributed by atoms with Crippen LogP contribution in [-0.2, 0) is 22.4 Å². The summed E-state index contributed by atoms with van der Waals surface area (Å²) in [6.07, 6.45) is 1.48. The van der Waals surface area contributed by atoms with Crippen molar-refractivity contribution in [2.75, 3.05) is 32.7 Å². The van der Waals surface area contributed by atoms with Gasteiger partial charge in [0.25, 0.3) is 0 Å². The first-order valence-electron chi connectivity index (χ1n) is 16.5. The smallest absolute Gasteiger partial charge is 0.319 e. The van der Waals surface area contributed by atoms with Crippen LogP contribution in [0.25, 0.3) is 0 Å². The molecule has 2 heterocycles. The second-order valence-corrected chi connectivity index (χ2v) is 12.5. The van der Waals surface area contributed by atoms with Gasteiger partial charge in [-0.1, -0.05) is 103 Å². The van der Waals surface area contributed by atoms with Gasteiger partial charge in [-0.25, -0.2) is 4.79 Å². The summed E-state index contributed by atoms with van der Waals surface area (Å²) < 4.78 is 0. The molecule has 0 saturated carbocycles. The number of amides is 4. The Morgan fingerprint density at radius 1 is 0.787 bits per heavy atom. The Kier molecular flexibility index (Phi) is 10.2. The molecule has 2 aliphatic heterocycles. The highest BCUT2D eigenvalue weighted by Crippen LogP contribution is 2.29. The molecular weight excluding hydrogens is 588 g/mol. The van der Waals surface area contributed by atoms with E-state index in [1.54, 1.807) is 21.9 Å². The Hall–Kier alpha value is -5.11. The number of hydrogen-bond donors (Lipinski definition) is 2. The van der Waals surface area contributed by atoms with Crippen LogP contribution < -0.4 is 5.32 Å².